The number of rotatable bonds is 5. The van der Waals surface area contributed by atoms with E-state index in [4.69, 9.17) is 14.2 Å². The molecule has 0 saturated carbocycles. The molecule has 0 aliphatic carbocycles. The zero-order valence-corrected chi connectivity index (χ0v) is 16.0. The molecule has 148 valence electrons. The lowest BCUT2D eigenvalue weighted by atomic mass is 10.0. The van der Waals surface area contributed by atoms with Crippen molar-refractivity contribution in [3.05, 3.63) is 48.2 Å². The van der Waals surface area contributed by atoms with E-state index in [1.165, 1.54) is 0 Å². The second kappa shape index (κ2) is 8.16. The van der Waals surface area contributed by atoms with E-state index in [-0.39, 0.29) is 11.7 Å². The van der Waals surface area contributed by atoms with Gasteiger partial charge in [-0.15, -0.1) is 0 Å². The molecular weight excluding hydrogens is 358 g/mol. The third kappa shape index (κ3) is 4.26. The van der Waals surface area contributed by atoms with Crippen LogP contribution in [0.1, 0.15) is 18.4 Å². The highest BCUT2D eigenvalue weighted by molar-refractivity contribution is 5.91. The normalized spacial score (nSPS) is 18.2. The van der Waals surface area contributed by atoms with Crippen molar-refractivity contribution in [1.82, 2.24) is 4.98 Å². The topological polar surface area (TPSA) is 72.9 Å². The smallest absolute Gasteiger partial charge is 0.229 e. The Morgan fingerprint density at radius 3 is 2.46 bits per heavy atom. The minimum Gasteiger partial charge on any atom is -0.497 e. The first kappa shape index (κ1) is 18.7. The summed E-state index contributed by atoms with van der Waals surface area (Å²) in [4.78, 5) is 18.9. The predicted octanol–water partition coefficient (Wildman–Crippen LogP) is 2.61. The van der Waals surface area contributed by atoms with Crippen molar-refractivity contribution in [2.24, 2.45) is 0 Å². The number of benzene rings is 1. The Bertz CT molecular complexity index is 791. The van der Waals surface area contributed by atoms with Crippen LogP contribution in [0.25, 0.3) is 0 Å². The van der Waals surface area contributed by atoms with E-state index in [1.807, 2.05) is 36.4 Å². The van der Waals surface area contributed by atoms with E-state index in [0.29, 0.717) is 25.5 Å². The van der Waals surface area contributed by atoms with Crippen LogP contribution in [0.3, 0.4) is 0 Å². The molecule has 28 heavy (non-hydrogen) atoms. The van der Waals surface area contributed by atoms with Crippen molar-refractivity contribution in [1.29, 1.82) is 0 Å². The standard InChI is InChI=1S/C21H25N3O4/c1-26-18-5-2-16(3-6-18)14-20(25)23-19-7-4-17(15-22-19)24-10-8-21(9-11-24)27-12-13-28-21/h2-7,15H,8-14H2,1H3,(H,22,23,25). The maximum atomic E-state index is 12.2. The van der Waals surface area contributed by atoms with E-state index in [1.54, 1.807) is 13.3 Å². The number of hydrogen-bond donors (Lipinski definition) is 1. The third-order valence-corrected chi connectivity index (χ3v) is 5.24. The van der Waals surface area contributed by atoms with Gasteiger partial charge in [-0.25, -0.2) is 4.98 Å². The van der Waals surface area contributed by atoms with E-state index >= 15 is 0 Å². The van der Waals surface area contributed by atoms with Gasteiger partial charge in [0.25, 0.3) is 0 Å². The van der Waals surface area contributed by atoms with Gasteiger partial charge < -0.3 is 24.4 Å². The maximum Gasteiger partial charge on any atom is 0.229 e. The van der Waals surface area contributed by atoms with E-state index in [2.05, 4.69) is 15.2 Å². The van der Waals surface area contributed by atoms with Crippen molar-refractivity contribution in [2.45, 2.75) is 25.0 Å². The highest BCUT2D eigenvalue weighted by Gasteiger charge is 2.39. The number of nitrogens with zero attached hydrogens (tertiary/aromatic N) is 2. The first-order chi connectivity index (χ1) is 13.7. The van der Waals surface area contributed by atoms with Crippen LogP contribution >= 0.6 is 0 Å². The fourth-order valence-electron chi connectivity index (χ4n) is 3.65. The molecule has 0 bridgehead atoms. The summed E-state index contributed by atoms with van der Waals surface area (Å²) in [5.41, 5.74) is 1.97. The van der Waals surface area contributed by atoms with Gasteiger partial charge in [0.05, 0.1) is 38.6 Å². The molecule has 2 saturated heterocycles. The molecule has 2 fully saturated rings. The number of nitrogens with one attached hydrogen (secondary N) is 1. The van der Waals surface area contributed by atoms with Crippen molar-refractivity contribution in [3.8, 4) is 5.75 Å². The van der Waals surface area contributed by atoms with E-state index in [9.17, 15) is 4.79 Å². The van der Waals surface area contributed by atoms with Crippen molar-refractivity contribution in [2.75, 3.05) is 43.6 Å². The first-order valence-corrected chi connectivity index (χ1v) is 9.57. The molecule has 1 N–H and O–H groups in total. The first-order valence-electron chi connectivity index (χ1n) is 9.57. The molecule has 3 heterocycles. The average Bonchev–Trinajstić information content (AvgIpc) is 3.18. The van der Waals surface area contributed by atoms with Crippen LogP contribution in [0, 0.1) is 0 Å². The quantitative estimate of drug-likeness (QED) is 0.856. The largest absolute Gasteiger partial charge is 0.497 e. The molecular formula is C21H25N3O4. The van der Waals surface area contributed by atoms with Gasteiger partial charge in [0, 0.05) is 25.9 Å². The molecule has 1 aromatic carbocycles. The number of aromatic nitrogens is 1. The highest BCUT2D eigenvalue weighted by atomic mass is 16.7. The molecule has 0 radical (unpaired) electrons. The van der Waals surface area contributed by atoms with E-state index < -0.39 is 0 Å². The lowest BCUT2D eigenvalue weighted by Crippen LogP contribution is -2.45. The molecule has 2 aliphatic rings. The Hall–Kier alpha value is -2.64. The average molecular weight is 383 g/mol. The van der Waals surface area contributed by atoms with Crippen LogP contribution in [-0.4, -0.2) is 50.1 Å². The summed E-state index contributed by atoms with van der Waals surface area (Å²) < 4.78 is 16.7. The molecule has 7 nitrogen and oxygen atoms in total. The molecule has 2 aliphatic heterocycles. The number of methoxy groups -OCH3 is 1. The summed E-state index contributed by atoms with van der Waals surface area (Å²) in [5, 5.41) is 2.85. The molecule has 0 atom stereocenters. The summed E-state index contributed by atoms with van der Waals surface area (Å²) in [5.74, 6) is 0.856. The SMILES string of the molecule is COc1ccc(CC(=O)Nc2ccc(N3CCC4(CC3)OCCO4)cn2)cc1. The minimum atomic E-state index is -0.376. The zero-order valence-electron chi connectivity index (χ0n) is 16.0. The zero-order chi connectivity index (χ0) is 19.4. The fraction of sp³-hybridized carbons (Fsp3) is 0.429. The van der Waals surface area contributed by atoms with Gasteiger partial charge in [-0.3, -0.25) is 4.79 Å². The molecule has 1 aromatic heterocycles. The van der Waals surface area contributed by atoms with Crippen LogP contribution in [0.2, 0.25) is 0 Å². The Morgan fingerprint density at radius 2 is 1.86 bits per heavy atom. The number of pyridine rings is 1. The lowest BCUT2D eigenvalue weighted by Gasteiger charge is -2.38. The second-order valence-electron chi connectivity index (χ2n) is 7.07. The van der Waals surface area contributed by atoms with Gasteiger partial charge in [-0.1, -0.05) is 12.1 Å². The fourth-order valence-corrected chi connectivity index (χ4v) is 3.65. The number of carbonyl (C=O) groups excluding carboxylic acids is 1. The van der Waals surface area contributed by atoms with Crippen LogP contribution in [0.5, 0.6) is 5.75 Å². The molecule has 1 spiro atoms. The number of hydrogen-bond acceptors (Lipinski definition) is 6. The maximum absolute atomic E-state index is 12.2. The minimum absolute atomic E-state index is 0.0964. The van der Waals surface area contributed by atoms with E-state index in [0.717, 1.165) is 42.9 Å². The summed E-state index contributed by atoms with van der Waals surface area (Å²) in [7, 11) is 1.62. The van der Waals surface area contributed by atoms with Crippen LogP contribution in [-0.2, 0) is 20.7 Å². The van der Waals surface area contributed by atoms with Gasteiger partial charge in [0.15, 0.2) is 5.79 Å². The molecule has 1 amide bonds. The van der Waals surface area contributed by atoms with Crippen molar-refractivity contribution in [3.63, 3.8) is 0 Å². The molecule has 2 aromatic rings. The van der Waals surface area contributed by atoms with Gasteiger partial charge in [-0.2, -0.15) is 0 Å². The Balaban J connectivity index is 1.30. The molecule has 4 rings (SSSR count). The monoisotopic (exact) mass is 383 g/mol. The third-order valence-electron chi connectivity index (χ3n) is 5.24. The molecule has 0 unspecified atom stereocenters. The summed E-state index contributed by atoms with van der Waals surface area (Å²) >= 11 is 0. The Morgan fingerprint density at radius 1 is 1.14 bits per heavy atom. The second-order valence-corrected chi connectivity index (χ2v) is 7.07. The highest BCUT2D eigenvalue weighted by Crippen LogP contribution is 2.33. The number of carbonyl (C=O) groups is 1. The van der Waals surface area contributed by atoms with Gasteiger partial charge in [-0.05, 0) is 29.8 Å². The number of ether oxygens (including phenoxy) is 3. The van der Waals surface area contributed by atoms with Crippen molar-refractivity contribution >= 4 is 17.4 Å². The Kier molecular flexibility index (Phi) is 5.45. The number of anilines is 2. The van der Waals surface area contributed by atoms with Gasteiger partial charge in [0.2, 0.25) is 5.91 Å². The Labute approximate surface area is 164 Å². The number of amides is 1. The summed E-state index contributed by atoms with van der Waals surface area (Å²) in [6, 6.07) is 11.3. The lowest BCUT2D eigenvalue weighted by molar-refractivity contribution is -0.169. The van der Waals surface area contributed by atoms with Crippen molar-refractivity contribution < 1.29 is 19.0 Å². The number of piperidine rings is 1. The van der Waals surface area contributed by atoms with Crippen LogP contribution in [0.4, 0.5) is 11.5 Å². The van der Waals surface area contributed by atoms with Gasteiger partial charge >= 0.3 is 0 Å². The predicted molar refractivity (Wildman–Crippen MR) is 106 cm³/mol. The molecule has 7 heteroatoms. The van der Waals surface area contributed by atoms with Crippen LogP contribution in [0.15, 0.2) is 42.6 Å². The summed E-state index contributed by atoms with van der Waals surface area (Å²) in [6.45, 7) is 3.11. The van der Waals surface area contributed by atoms with Crippen LogP contribution < -0.4 is 15.0 Å². The summed E-state index contributed by atoms with van der Waals surface area (Å²) in [6.07, 6.45) is 3.81. The van der Waals surface area contributed by atoms with Gasteiger partial charge in [0.1, 0.15) is 11.6 Å².